The molecule has 10 heteroatoms. The summed E-state index contributed by atoms with van der Waals surface area (Å²) >= 11 is 0. The quantitative estimate of drug-likeness (QED) is 0.131. The fourth-order valence-corrected chi connectivity index (χ4v) is 13.6. The van der Waals surface area contributed by atoms with Crippen LogP contribution in [0.15, 0.2) is 54.7 Å². The van der Waals surface area contributed by atoms with Crippen LogP contribution in [0.2, 0.25) is 42.3 Å². The van der Waals surface area contributed by atoms with Crippen LogP contribution in [-0.4, -0.2) is 66.7 Å². The number of fused-ring (bicyclic) bond motifs is 3. The molecule has 0 bridgehead atoms. The summed E-state index contributed by atoms with van der Waals surface area (Å²) in [5, 5.41) is 2.12. The Bertz CT molecular complexity index is 1720. The highest BCUT2D eigenvalue weighted by Gasteiger charge is 2.48. The lowest BCUT2D eigenvalue weighted by Gasteiger charge is -2.42. The molecule has 0 aliphatic carbocycles. The van der Waals surface area contributed by atoms with Gasteiger partial charge in [0.05, 0.1) is 25.5 Å². The first kappa shape index (κ1) is 36.7. The first-order chi connectivity index (χ1) is 23.1. The largest absolute Gasteiger partial charge is 0.540 e. The molecule has 0 saturated heterocycles. The highest BCUT2D eigenvalue weighted by molar-refractivity contribution is 6.78. The average Bonchev–Trinajstić information content (AvgIpc) is 3.48. The van der Waals surface area contributed by atoms with Crippen molar-refractivity contribution in [2.24, 2.45) is 0 Å². The number of methoxy groups -OCH3 is 2. The van der Waals surface area contributed by atoms with E-state index in [2.05, 4.69) is 73.3 Å². The van der Waals surface area contributed by atoms with Crippen LogP contribution in [0.5, 0.6) is 17.2 Å². The molecule has 1 atom stereocenters. The lowest BCUT2D eigenvalue weighted by Crippen LogP contribution is -2.50. The highest BCUT2D eigenvalue weighted by Crippen LogP contribution is 2.47. The molecule has 0 aromatic heterocycles. The number of rotatable bonds is 13. The van der Waals surface area contributed by atoms with Crippen LogP contribution in [0.4, 0.5) is 5.69 Å². The predicted molar refractivity (Wildman–Crippen MR) is 204 cm³/mol. The minimum atomic E-state index is -2.41. The SMILES string of the molecule is COc1ccc2cc(C3=CN4C(=O)c5cc(O[Si](C(C)C)(C(C)C)C(C)C)c(OC)cc5N(COCC[Si](C)(C)C)C(=O)[C@@H]4C3)ccc2c1. The number of hydrogen-bond donors (Lipinski definition) is 0. The van der Waals surface area contributed by atoms with E-state index in [1.165, 1.54) is 0 Å². The first-order valence-electron chi connectivity index (χ1n) is 17.5. The number of ether oxygens (including phenoxy) is 3. The smallest absolute Gasteiger partial charge is 0.260 e. The highest BCUT2D eigenvalue weighted by atomic mass is 28.4. The van der Waals surface area contributed by atoms with Gasteiger partial charge < -0.3 is 23.5 Å². The van der Waals surface area contributed by atoms with E-state index in [-0.39, 0.29) is 18.5 Å². The van der Waals surface area contributed by atoms with Gasteiger partial charge >= 0.3 is 0 Å². The molecule has 0 saturated carbocycles. The maximum Gasteiger partial charge on any atom is 0.260 e. The Hall–Kier alpha value is -3.61. The van der Waals surface area contributed by atoms with Gasteiger partial charge in [0, 0.05) is 33.4 Å². The molecule has 49 heavy (non-hydrogen) atoms. The molecule has 3 aromatic rings. The van der Waals surface area contributed by atoms with Crippen molar-refractivity contribution in [2.75, 3.05) is 32.5 Å². The molecule has 5 rings (SSSR count). The number of amides is 2. The Labute approximate surface area is 294 Å². The minimum Gasteiger partial charge on any atom is -0.540 e. The van der Waals surface area contributed by atoms with Gasteiger partial charge in [-0.3, -0.25) is 14.5 Å². The molecule has 0 radical (unpaired) electrons. The van der Waals surface area contributed by atoms with E-state index in [4.69, 9.17) is 18.6 Å². The van der Waals surface area contributed by atoms with Crippen LogP contribution in [-0.2, 0) is 9.53 Å². The Balaban J connectivity index is 1.60. The summed E-state index contributed by atoms with van der Waals surface area (Å²) in [5.74, 6) is 1.44. The van der Waals surface area contributed by atoms with Crippen molar-refractivity contribution >= 4 is 50.2 Å². The Morgan fingerprint density at radius 1 is 0.816 bits per heavy atom. The van der Waals surface area contributed by atoms with E-state index < -0.39 is 22.4 Å². The predicted octanol–water partition coefficient (Wildman–Crippen LogP) is 9.33. The van der Waals surface area contributed by atoms with Crippen molar-refractivity contribution in [1.29, 1.82) is 0 Å². The van der Waals surface area contributed by atoms with E-state index in [1.54, 1.807) is 30.1 Å². The van der Waals surface area contributed by atoms with Crippen LogP contribution < -0.4 is 18.8 Å². The van der Waals surface area contributed by atoms with Gasteiger partial charge in [0.1, 0.15) is 24.3 Å². The van der Waals surface area contributed by atoms with Crippen molar-refractivity contribution < 1.29 is 28.2 Å². The summed E-state index contributed by atoms with van der Waals surface area (Å²) in [4.78, 5) is 32.4. The van der Waals surface area contributed by atoms with Crippen LogP contribution in [0.25, 0.3) is 16.3 Å². The Morgan fingerprint density at radius 2 is 1.47 bits per heavy atom. The zero-order valence-corrected chi connectivity index (χ0v) is 33.2. The zero-order chi connectivity index (χ0) is 35.8. The maximum absolute atomic E-state index is 14.6. The third kappa shape index (κ3) is 7.18. The van der Waals surface area contributed by atoms with Gasteiger partial charge in [-0.2, -0.15) is 0 Å². The van der Waals surface area contributed by atoms with E-state index in [1.807, 2.05) is 36.5 Å². The standard InChI is InChI=1S/C39H54N2O6Si2/c1-25(2)49(26(3)4,27(5)6)47-37-21-33-34(22-36(37)45-8)41(24-46-16-17-48(9,10)11)39(43)35-20-31(23-40(35)38(33)42)29-12-13-30-19-32(44-7)15-14-28(30)18-29/h12-15,18-19,21-23,25-27,35H,16-17,20,24H2,1-11H3/t35-/m0/s1. The fraction of sp³-hybridized carbons (Fsp3) is 0.487. The second-order valence-electron chi connectivity index (χ2n) is 15.6. The summed E-state index contributed by atoms with van der Waals surface area (Å²) < 4.78 is 24.6. The first-order valence-corrected chi connectivity index (χ1v) is 23.4. The lowest BCUT2D eigenvalue weighted by molar-refractivity contribution is -0.122. The van der Waals surface area contributed by atoms with Gasteiger partial charge in [-0.15, -0.1) is 0 Å². The van der Waals surface area contributed by atoms with Gasteiger partial charge in [0.2, 0.25) is 0 Å². The molecule has 3 aromatic carbocycles. The Kier molecular flexibility index (Phi) is 10.7. The van der Waals surface area contributed by atoms with Crippen molar-refractivity contribution in [1.82, 2.24) is 4.90 Å². The monoisotopic (exact) mass is 702 g/mol. The van der Waals surface area contributed by atoms with Gasteiger partial charge in [-0.25, -0.2) is 0 Å². The van der Waals surface area contributed by atoms with Crippen molar-refractivity contribution in [3.05, 3.63) is 65.9 Å². The maximum atomic E-state index is 14.6. The van der Waals surface area contributed by atoms with E-state index in [0.717, 1.165) is 33.7 Å². The third-order valence-electron chi connectivity index (χ3n) is 10.3. The van der Waals surface area contributed by atoms with Crippen molar-refractivity contribution in [2.45, 2.75) is 96.3 Å². The number of carbonyl (C=O) groups is 2. The zero-order valence-electron chi connectivity index (χ0n) is 31.2. The van der Waals surface area contributed by atoms with Crippen molar-refractivity contribution in [3.8, 4) is 17.2 Å². The molecule has 2 heterocycles. The van der Waals surface area contributed by atoms with Gasteiger partial charge in [-0.05, 0) is 68.8 Å². The normalized spacial score (nSPS) is 16.8. The van der Waals surface area contributed by atoms with Crippen LogP contribution in [0, 0.1) is 0 Å². The molecular formula is C39H54N2O6Si2. The average molecular weight is 703 g/mol. The van der Waals surface area contributed by atoms with Crippen LogP contribution >= 0.6 is 0 Å². The summed E-state index contributed by atoms with van der Waals surface area (Å²) in [6.07, 6.45) is 2.26. The molecule has 264 valence electrons. The second kappa shape index (κ2) is 14.3. The van der Waals surface area contributed by atoms with E-state index in [0.29, 0.717) is 52.4 Å². The molecule has 0 spiro atoms. The molecule has 2 aliphatic rings. The number of carbonyl (C=O) groups excluding carboxylic acids is 2. The molecular weight excluding hydrogens is 649 g/mol. The van der Waals surface area contributed by atoms with Crippen LogP contribution in [0.3, 0.4) is 0 Å². The number of nitrogens with zero attached hydrogens (tertiary/aromatic N) is 2. The minimum absolute atomic E-state index is 0.0487. The van der Waals surface area contributed by atoms with Gasteiger partial charge in [-0.1, -0.05) is 79.4 Å². The fourth-order valence-electron chi connectivity index (χ4n) is 7.60. The summed E-state index contributed by atoms with van der Waals surface area (Å²) in [6, 6.07) is 16.1. The molecule has 0 unspecified atom stereocenters. The molecule has 2 amide bonds. The van der Waals surface area contributed by atoms with E-state index >= 15 is 0 Å². The molecule has 0 N–H and O–H groups in total. The Morgan fingerprint density at radius 3 is 2.08 bits per heavy atom. The summed E-state index contributed by atoms with van der Waals surface area (Å²) in [5.41, 5.74) is 3.76. The van der Waals surface area contributed by atoms with Gasteiger partial charge in [0.25, 0.3) is 20.1 Å². The summed E-state index contributed by atoms with van der Waals surface area (Å²) in [7, 11) is -0.495. The second-order valence-corrected chi connectivity index (χ2v) is 26.6. The number of hydrogen-bond acceptors (Lipinski definition) is 6. The molecule has 0 fully saturated rings. The number of anilines is 1. The van der Waals surface area contributed by atoms with E-state index in [9.17, 15) is 9.59 Å². The molecule has 8 nitrogen and oxygen atoms in total. The molecule has 2 aliphatic heterocycles. The van der Waals surface area contributed by atoms with Gasteiger partial charge in [0.15, 0.2) is 5.75 Å². The number of benzene rings is 3. The summed E-state index contributed by atoms with van der Waals surface area (Å²) in [6.45, 7) is 20.9. The van der Waals surface area contributed by atoms with Crippen LogP contribution in [0.1, 0.15) is 63.9 Å². The van der Waals surface area contributed by atoms with Crippen molar-refractivity contribution in [3.63, 3.8) is 0 Å². The third-order valence-corrected chi connectivity index (χ3v) is 18.0. The lowest BCUT2D eigenvalue weighted by atomic mass is 9.98. The topological polar surface area (TPSA) is 77.5 Å².